The minimum absolute atomic E-state index is 0.0207. The third-order valence-corrected chi connectivity index (χ3v) is 6.82. The van der Waals surface area contributed by atoms with Gasteiger partial charge in [-0.1, -0.05) is 0 Å². The van der Waals surface area contributed by atoms with Crippen molar-refractivity contribution in [2.24, 2.45) is 0 Å². The fourth-order valence-electron chi connectivity index (χ4n) is 4.58. The standard InChI is InChI=1S/C25H26F2N6O3/c1-25(2)19-12-17(32-10-8-31(3)9-11-32)6-7-18(19)23(34)33(24(25)35)14-16-5-4-15(13-28-16)21-29-30-22(36-21)20(26)27/h4-7,12-13,20H,8-11,14H2,1-3H3. The molecule has 2 amide bonds. The van der Waals surface area contributed by atoms with E-state index in [1.165, 1.54) is 11.1 Å². The highest BCUT2D eigenvalue weighted by Crippen LogP contribution is 2.37. The smallest absolute Gasteiger partial charge is 0.314 e. The van der Waals surface area contributed by atoms with E-state index in [-0.39, 0.29) is 24.2 Å². The maximum atomic E-state index is 13.5. The molecule has 0 radical (unpaired) electrons. The molecule has 2 aromatic heterocycles. The van der Waals surface area contributed by atoms with Crippen LogP contribution >= 0.6 is 0 Å². The Morgan fingerprint density at radius 3 is 2.44 bits per heavy atom. The van der Waals surface area contributed by atoms with Crippen molar-refractivity contribution >= 4 is 17.5 Å². The fourth-order valence-corrected chi connectivity index (χ4v) is 4.58. The molecule has 1 aromatic carbocycles. The predicted octanol–water partition coefficient (Wildman–Crippen LogP) is 3.28. The van der Waals surface area contributed by atoms with Crippen LogP contribution in [0.1, 0.15) is 47.8 Å². The maximum absolute atomic E-state index is 13.5. The van der Waals surface area contributed by atoms with E-state index >= 15 is 0 Å². The summed E-state index contributed by atoms with van der Waals surface area (Å²) in [7, 11) is 2.09. The first kappa shape index (κ1) is 24.0. The van der Waals surface area contributed by atoms with Crippen LogP contribution in [0.3, 0.4) is 0 Å². The minimum atomic E-state index is -2.86. The van der Waals surface area contributed by atoms with Crippen LogP contribution in [0.25, 0.3) is 11.5 Å². The van der Waals surface area contributed by atoms with E-state index in [4.69, 9.17) is 4.42 Å². The monoisotopic (exact) mass is 496 g/mol. The van der Waals surface area contributed by atoms with Gasteiger partial charge < -0.3 is 14.2 Å². The van der Waals surface area contributed by atoms with E-state index in [2.05, 4.69) is 32.0 Å². The van der Waals surface area contributed by atoms with Crippen molar-refractivity contribution in [1.82, 2.24) is 25.0 Å². The number of hydrogen-bond acceptors (Lipinski definition) is 8. The number of anilines is 1. The molecule has 4 heterocycles. The number of benzene rings is 1. The summed E-state index contributed by atoms with van der Waals surface area (Å²) >= 11 is 0. The Labute approximate surface area is 206 Å². The molecule has 9 nitrogen and oxygen atoms in total. The van der Waals surface area contributed by atoms with Gasteiger partial charge in [-0.2, -0.15) is 8.78 Å². The van der Waals surface area contributed by atoms with E-state index in [0.717, 1.165) is 37.4 Å². The molecule has 1 fully saturated rings. The Kier molecular flexibility index (Phi) is 6.03. The zero-order valence-electron chi connectivity index (χ0n) is 20.2. The Hall–Kier alpha value is -3.73. The average molecular weight is 497 g/mol. The second-order valence-corrected chi connectivity index (χ2v) is 9.63. The molecule has 36 heavy (non-hydrogen) atoms. The molecule has 0 N–H and O–H groups in total. The lowest BCUT2D eigenvalue weighted by Crippen LogP contribution is -2.51. The number of amides is 2. The van der Waals surface area contributed by atoms with Gasteiger partial charge in [0, 0.05) is 43.6 Å². The summed E-state index contributed by atoms with van der Waals surface area (Å²) in [6, 6.07) is 8.89. The number of fused-ring (bicyclic) bond motifs is 1. The zero-order valence-corrected chi connectivity index (χ0v) is 20.2. The normalized spacial score (nSPS) is 18.2. The topological polar surface area (TPSA) is 95.7 Å². The number of aromatic nitrogens is 3. The summed E-state index contributed by atoms with van der Waals surface area (Å²) in [5.41, 5.74) is 2.15. The Bertz CT molecular complexity index is 1300. The predicted molar refractivity (Wildman–Crippen MR) is 127 cm³/mol. The third-order valence-electron chi connectivity index (χ3n) is 6.82. The Balaban J connectivity index is 1.37. The van der Waals surface area contributed by atoms with Crippen LogP contribution in [-0.4, -0.2) is 70.0 Å². The summed E-state index contributed by atoms with van der Waals surface area (Å²) in [6.07, 6.45) is -1.48. The van der Waals surface area contributed by atoms with Crippen LogP contribution < -0.4 is 4.90 Å². The van der Waals surface area contributed by atoms with Crippen molar-refractivity contribution in [3.63, 3.8) is 0 Å². The number of nitrogens with zero attached hydrogens (tertiary/aromatic N) is 6. The zero-order chi connectivity index (χ0) is 25.6. The molecule has 0 aliphatic carbocycles. The lowest BCUT2D eigenvalue weighted by Gasteiger charge is -2.39. The maximum Gasteiger partial charge on any atom is 0.314 e. The van der Waals surface area contributed by atoms with Gasteiger partial charge in [-0.05, 0) is 56.8 Å². The fraction of sp³-hybridized carbons (Fsp3) is 0.400. The van der Waals surface area contributed by atoms with E-state index in [0.29, 0.717) is 16.8 Å². The van der Waals surface area contributed by atoms with Crippen molar-refractivity contribution in [2.45, 2.75) is 32.2 Å². The van der Waals surface area contributed by atoms with Gasteiger partial charge in [0.15, 0.2) is 0 Å². The Morgan fingerprint density at radius 2 is 1.81 bits per heavy atom. The second kappa shape index (κ2) is 9.05. The van der Waals surface area contributed by atoms with Gasteiger partial charge in [-0.3, -0.25) is 19.5 Å². The first-order valence-corrected chi connectivity index (χ1v) is 11.7. The van der Waals surface area contributed by atoms with Crippen LogP contribution in [0.5, 0.6) is 0 Å². The quantitative estimate of drug-likeness (QED) is 0.497. The van der Waals surface area contributed by atoms with Crippen molar-refractivity contribution in [3.8, 4) is 11.5 Å². The minimum Gasteiger partial charge on any atom is -0.415 e. The lowest BCUT2D eigenvalue weighted by molar-refractivity contribution is -0.134. The summed E-state index contributed by atoms with van der Waals surface area (Å²) in [5, 5.41) is 6.91. The van der Waals surface area contributed by atoms with Crippen molar-refractivity contribution < 1.29 is 22.8 Å². The van der Waals surface area contributed by atoms with Crippen LogP contribution in [0.15, 0.2) is 40.9 Å². The number of imide groups is 1. The number of carbonyl (C=O) groups is 2. The van der Waals surface area contributed by atoms with Gasteiger partial charge in [-0.15, -0.1) is 10.2 Å². The van der Waals surface area contributed by atoms with E-state index in [9.17, 15) is 18.4 Å². The highest BCUT2D eigenvalue weighted by atomic mass is 19.3. The molecule has 2 aliphatic rings. The van der Waals surface area contributed by atoms with Gasteiger partial charge in [0.25, 0.3) is 11.8 Å². The molecule has 3 aromatic rings. The summed E-state index contributed by atoms with van der Waals surface area (Å²) in [5.74, 6) is -1.53. The highest BCUT2D eigenvalue weighted by molar-refractivity contribution is 6.13. The molecule has 188 valence electrons. The third kappa shape index (κ3) is 4.23. The van der Waals surface area contributed by atoms with Gasteiger partial charge in [-0.25, -0.2) is 0 Å². The molecule has 0 bridgehead atoms. The number of rotatable bonds is 5. The van der Waals surface area contributed by atoms with Gasteiger partial charge in [0.05, 0.1) is 23.2 Å². The number of halogens is 2. The average Bonchev–Trinajstić information content (AvgIpc) is 3.37. The second-order valence-electron chi connectivity index (χ2n) is 9.63. The van der Waals surface area contributed by atoms with Gasteiger partial charge in [0.1, 0.15) is 0 Å². The molecular weight excluding hydrogens is 470 g/mol. The molecular formula is C25H26F2N6O3. The summed E-state index contributed by atoms with van der Waals surface area (Å²) < 4.78 is 30.4. The number of likely N-dealkylation sites (N-methyl/N-ethyl adjacent to an activating group) is 1. The molecule has 11 heteroatoms. The van der Waals surface area contributed by atoms with Crippen molar-refractivity contribution in [3.05, 3.63) is 59.2 Å². The molecule has 5 rings (SSSR count). The summed E-state index contributed by atoms with van der Waals surface area (Å²) in [6.45, 7) is 7.32. The first-order valence-electron chi connectivity index (χ1n) is 11.7. The Morgan fingerprint density at radius 1 is 1.06 bits per heavy atom. The SMILES string of the molecule is CN1CCN(c2ccc3c(c2)C(C)(C)C(=O)N(Cc2ccc(-c4nnc(C(F)F)o4)cn2)C3=O)CC1. The van der Waals surface area contributed by atoms with E-state index in [1.54, 1.807) is 18.2 Å². The van der Waals surface area contributed by atoms with E-state index in [1.807, 2.05) is 26.0 Å². The number of hydrogen-bond donors (Lipinski definition) is 0. The molecule has 0 spiro atoms. The highest BCUT2D eigenvalue weighted by Gasteiger charge is 2.44. The van der Waals surface area contributed by atoms with Crippen LogP contribution in [0.4, 0.5) is 14.5 Å². The van der Waals surface area contributed by atoms with Gasteiger partial charge >= 0.3 is 6.43 Å². The molecule has 0 unspecified atom stereocenters. The van der Waals surface area contributed by atoms with Crippen LogP contribution in [0, 0.1) is 0 Å². The summed E-state index contributed by atoms with van der Waals surface area (Å²) in [4.78, 5) is 36.9. The molecule has 2 aliphatic heterocycles. The number of pyridine rings is 1. The molecule has 0 saturated carbocycles. The molecule has 0 atom stereocenters. The van der Waals surface area contributed by atoms with Crippen molar-refractivity contribution in [2.75, 3.05) is 38.1 Å². The largest absolute Gasteiger partial charge is 0.415 e. The lowest BCUT2D eigenvalue weighted by atomic mass is 9.77. The number of piperazine rings is 1. The molecule has 1 saturated heterocycles. The van der Waals surface area contributed by atoms with Gasteiger partial charge in [0.2, 0.25) is 11.8 Å². The van der Waals surface area contributed by atoms with Crippen molar-refractivity contribution in [1.29, 1.82) is 0 Å². The first-order chi connectivity index (χ1) is 17.1. The number of alkyl halides is 2. The van der Waals surface area contributed by atoms with Crippen LogP contribution in [-0.2, 0) is 16.8 Å². The number of carbonyl (C=O) groups excluding carboxylic acids is 2. The van der Waals surface area contributed by atoms with E-state index < -0.39 is 17.7 Å². The van der Waals surface area contributed by atoms with Crippen LogP contribution in [0.2, 0.25) is 0 Å².